The molecule has 4 rings (SSSR count). The average Bonchev–Trinajstić information content (AvgIpc) is 3.26. The number of anilines is 1. The van der Waals surface area contributed by atoms with Crippen LogP contribution in [0.15, 0.2) is 83.0 Å². The highest BCUT2D eigenvalue weighted by Gasteiger charge is 2.34. The molecule has 0 radical (unpaired) electrons. The van der Waals surface area contributed by atoms with Gasteiger partial charge in [0.2, 0.25) is 0 Å². The minimum Gasteiger partial charge on any atom is -0.465 e. The summed E-state index contributed by atoms with van der Waals surface area (Å²) in [5.41, 5.74) is 5.34. The Bertz CT molecular complexity index is 942. The number of carbonyl (C=O) groups is 2. The number of hydrogen-bond donors (Lipinski definition) is 1. The van der Waals surface area contributed by atoms with Crippen molar-refractivity contribution in [3.05, 3.63) is 84.3 Å². The van der Waals surface area contributed by atoms with E-state index in [4.69, 9.17) is 4.42 Å². The second-order valence-corrected chi connectivity index (χ2v) is 5.57. The number of hydrazine groups is 1. The van der Waals surface area contributed by atoms with Crippen LogP contribution in [0.5, 0.6) is 0 Å². The summed E-state index contributed by atoms with van der Waals surface area (Å²) in [6.07, 6.45) is 2.93. The van der Waals surface area contributed by atoms with Crippen LogP contribution < -0.4 is 10.4 Å². The van der Waals surface area contributed by atoms with E-state index in [1.807, 2.05) is 42.5 Å². The Hall–Kier alpha value is -3.60. The van der Waals surface area contributed by atoms with Crippen LogP contribution in [0.3, 0.4) is 0 Å². The Morgan fingerprint density at radius 3 is 2.24 bits per heavy atom. The van der Waals surface area contributed by atoms with Crippen molar-refractivity contribution in [1.82, 2.24) is 5.43 Å². The first-order valence-electron chi connectivity index (χ1n) is 7.78. The van der Waals surface area contributed by atoms with Gasteiger partial charge in [-0.25, -0.2) is 5.01 Å². The molecule has 1 aliphatic heterocycles. The molecule has 0 unspecified atom stereocenters. The van der Waals surface area contributed by atoms with Crippen LogP contribution >= 0.6 is 0 Å². The Morgan fingerprint density at radius 1 is 0.840 bits per heavy atom. The zero-order chi connectivity index (χ0) is 17.2. The van der Waals surface area contributed by atoms with Crippen LogP contribution in [0.1, 0.15) is 5.76 Å². The van der Waals surface area contributed by atoms with Gasteiger partial charge in [-0.3, -0.25) is 15.0 Å². The molecule has 1 saturated heterocycles. The van der Waals surface area contributed by atoms with Gasteiger partial charge in [0.25, 0.3) is 11.8 Å². The molecule has 3 aromatic rings. The van der Waals surface area contributed by atoms with Crippen LogP contribution in [-0.2, 0) is 9.59 Å². The van der Waals surface area contributed by atoms with Gasteiger partial charge in [-0.05, 0) is 41.5 Å². The van der Waals surface area contributed by atoms with E-state index in [2.05, 4.69) is 5.43 Å². The SMILES string of the molecule is O=C1NN(c2ccc(-c3ccccc3)cc2)C(=O)/C1=C\c1ccco1. The van der Waals surface area contributed by atoms with Gasteiger partial charge in [-0.1, -0.05) is 42.5 Å². The highest BCUT2D eigenvalue weighted by atomic mass is 16.3. The first-order valence-corrected chi connectivity index (χ1v) is 7.78. The van der Waals surface area contributed by atoms with Gasteiger partial charge in [0, 0.05) is 0 Å². The molecule has 25 heavy (non-hydrogen) atoms. The maximum Gasteiger partial charge on any atom is 0.282 e. The van der Waals surface area contributed by atoms with Gasteiger partial charge in [0.1, 0.15) is 11.3 Å². The smallest absolute Gasteiger partial charge is 0.282 e. The summed E-state index contributed by atoms with van der Waals surface area (Å²) < 4.78 is 5.17. The third-order valence-corrected chi connectivity index (χ3v) is 3.95. The Kier molecular flexibility index (Phi) is 3.67. The van der Waals surface area contributed by atoms with Crippen LogP contribution in [0, 0.1) is 0 Å². The largest absolute Gasteiger partial charge is 0.465 e. The van der Waals surface area contributed by atoms with Gasteiger partial charge in [0.05, 0.1) is 12.0 Å². The fraction of sp³-hybridized carbons (Fsp3) is 0. The van der Waals surface area contributed by atoms with Crippen molar-refractivity contribution in [1.29, 1.82) is 0 Å². The molecule has 0 saturated carbocycles. The number of nitrogens with zero attached hydrogens (tertiary/aromatic N) is 1. The number of carbonyl (C=O) groups excluding carboxylic acids is 2. The van der Waals surface area contributed by atoms with E-state index in [9.17, 15) is 9.59 Å². The zero-order valence-electron chi connectivity index (χ0n) is 13.2. The lowest BCUT2D eigenvalue weighted by atomic mass is 10.1. The van der Waals surface area contributed by atoms with Crippen molar-refractivity contribution >= 4 is 23.6 Å². The van der Waals surface area contributed by atoms with Crippen LogP contribution in [-0.4, -0.2) is 11.8 Å². The van der Waals surface area contributed by atoms with Gasteiger partial charge in [-0.15, -0.1) is 0 Å². The van der Waals surface area contributed by atoms with Gasteiger partial charge in [0.15, 0.2) is 0 Å². The van der Waals surface area contributed by atoms with E-state index in [-0.39, 0.29) is 5.57 Å². The first kappa shape index (κ1) is 15.0. The fourth-order valence-electron chi connectivity index (χ4n) is 2.69. The standard InChI is InChI=1S/C20H14N2O3/c23-19-18(13-17-7-4-12-25-17)20(24)22(21-19)16-10-8-15(9-11-16)14-5-2-1-3-6-14/h1-13H,(H,21,23)/b18-13-. The fourth-order valence-corrected chi connectivity index (χ4v) is 2.69. The zero-order valence-corrected chi connectivity index (χ0v) is 13.2. The number of amides is 2. The minimum absolute atomic E-state index is 0.0436. The molecular weight excluding hydrogens is 316 g/mol. The number of nitrogens with one attached hydrogen (secondary N) is 1. The lowest BCUT2D eigenvalue weighted by Gasteiger charge is -2.15. The Balaban J connectivity index is 1.60. The molecule has 122 valence electrons. The van der Waals surface area contributed by atoms with E-state index in [1.54, 1.807) is 24.3 Å². The summed E-state index contributed by atoms with van der Waals surface area (Å²) in [4.78, 5) is 24.6. The molecule has 2 aromatic carbocycles. The molecule has 2 heterocycles. The average molecular weight is 330 g/mol. The van der Waals surface area contributed by atoms with E-state index in [1.165, 1.54) is 17.3 Å². The Morgan fingerprint density at radius 2 is 1.56 bits per heavy atom. The third-order valence-electron chi connectivity index (χ3n) is 3.95. The summed E-state index contributed by atoms with van der Waals surface area (Å²) in [7, 11) is 0. The predicted molar refractivity (Wildman–Crippen MR) is 94.2 cm³/mol. The highest BCUT2D eigenvalue weighted by Crippen LogP contribution is 2.25. The van der Waals surface area contributed by atoms with Crippen molar-refractivity contribution in [2.75, 3.05) is 5.01 Å². The second-order valence-electron chi connectivity index (χ2n) is 5.57. The molecule has 1 fully saturated rings. The van der Waals surface area contributed by atoms with Crippen molar-refractivity contribution in [3.8, 4) is 11.1 Å². The van der Waals surface area contributed by atoms with Crippen LogP contribution in [0.4, 0.5) is 5.69 Å². The van der Waals surface area contributed by atoms with Gasteiger partial charge in [-0.2, -0.15) is 0 Å². The summed E-state index contributed by atoms with van der Waals surface area (Å²) in [5.74, 6) is -0.401. The maximum atomic E-state index is 12.5. The van der Waals surface area contributed by atoms with Crippen LogP contribution in [0.25, 0.3) is 17.2 Å². The van der Waals surface area contributed by atoms with Crippen LogP contribution in [0.2, 0.25) is 0 Å². The molecule has 5 heteroatoms. The molecule has 1 aliphatic rings. The van der Waals surface area contributed by atoms with E-state index in [0.29, 0.717) is 11.4 Å². The lowest BCUT2D eigenvalue weighted by molar-refractivity contribution is -0.117. The molecule has 1 N–H and O–H groups in total. The highest BCUT2D eigenvalue weighted by molar-refractivity contribution is 6.31. The summed E-state index contributed by atoms with van der Waals surface area (Å²) in [5, 5.41) is 1.24. The van der Waals surface area contributed by atoms with E-state index in [0.717, 1.165) is 11.1 Å². The van der Waals surface area contributed by atoms with Crippen molar-refractivity contribution in [3.63, 3.8) is 0 Å². The number of benzene rings is 2. The predicted octanol–water partition coefficient (Wildman–Crippen LogP) is 3.41. The van der Waals surface area contributed by atoms with E-state index < -0.39 is 11.8 Å². The van der Waals surface area contributed by atoms with Crippen molar-refractivity contribution in [2.45, 2.75) is 0 Å². The number of rotatable bonds is 3. The summed E-state index contributed by atoms with van der Waals surface area (Å²) in [6, 6.07) is 20.8. The molecule has 0 spiro atoms. The molecule has 2 amide bonds. The molecule has 0 aliphatic carbocycles. The number of hydrogen-bond acceptors (Lipinski definition) is 3. The summed E-state index contributed by atoms with van der Waals surface area (Å²) >= 11 is 0. The molecule has 0 bridgehead atoms. The van der Waals surface area contributed by atoms with Gasteiger partial charge >= 0.3 is 0 Å². The number of furan rings is 1. The minimum atomic E-state index is -0.450. The molecule has 1 aromatic heterocycles. The summed E-state index contributed by atoms with van der Waals surface area (Å²) in [6.45, 7) is 0. The van der Waals surface area contributed by atoms with E-state index >= 15 is 0 Å². The third kappa shape index (κ3) is 2.83. The normalized spacial score (nSPS) is 15.7. The molecule has 5 nitrogen and oxygen atoms in total. The van der Waals surface area contributed by atoms with Gasteiger partial charge < -0.3 is 4.42 Å². The van der Waals surface area contributed by atoms with Crippen molar-refractivity contribution < 1.29 is 14.0 Å². The Labute approximate surface area is 144 Å². The monoisotopic (exact) mass is 330 g/mol. The quantitative estimate of drug-likeness (QED) is 0.591. The molecule has 0 atom stereocenters. The van der Waals surface area contributed by atoms with Crippen molar-refractivity contribution in [2.24, 2.45) is 0 Å². The second kappa shape index (κ2) is 6.13. The molecular formula is C20H14N2O3. The topological polar surface area (TPSA) is 62.6 Å². The lowest BCUT2D eigenvalue weighted by Crippen LogP contribution is -2.35. The maximum absolute atomic E-state index is 12.5. The first-order chi connectivity index (χ1) is 12.2.